The predicted octanol–water partition coefficient (Wildman–Crippen LogP) is 0.0207. The van der Waals surface area contributed by atoms with Crippen LogP contribution in [0.5, 0.6) is 0 Å². The number of nitrogens with one attached hydrogen (secondary N) is 1. The molecule has 0 aliphatic carbocycles. The molecule has 0 saturated heterocycles. The first-order valence-corrected chi connectivity index (χ1v) is 3.68. The Hall–Kier alpha value is -1.75. The Labute approximate surface area is 74.5 Å². The fourth-order valence-corrected chi connectivity index (χ4v) is 0.679. The summed E-state index contributed by atoms with van der Waals surface area (Å²) in [5, 5.41) is 8.39. The average Bonchev–Trinajstić information content (AvgIpc) is 2.13. The highest BCUT2D eigenvalue weighted by Crippen LogP contribution is 1.99. The topological polar surface area (TPSA) is 78.3 Å². The van der Waals surface area contributed by atoms with E-state index in [-0.39, 0.29) is 6.61 Å². The van der Waals surface area contributed by atoms with E-state index in [1.54, 1.807) is 12.1 Å². The van der Waals surface area contributed by atoms with Crippen LogP contribution in [0.15, 0.2) is 34.2 Å². The Bertz CT molecular complexity index is 368. The summed E-state index contributed by atoms with van der Waals surface area (Å²) in [6, 6.07) is 1.57. The van der Waals surface area contributed by atoms with Crippen molar-refractivity contribution in [1.82, 2.24) is 9.97 Å². The van der Waals surface area contributed by atoms with Crippen molar-refractivity contribution in [3.8, 4) is 0 Å². The summed E-state index contributed by atoms with van der Waals surface area (Å²) in [6.45, 7) is -0.0289. The largest absolute Gasteiger partial charge is 0.392 e. The molecule has 0 saturated carbocycles. The smallest absolute Gasteiger partial charge is 0.346 e. The van der Waals surface area contributed by atoms with Crippen molar-refractivity contribution in [2.24, 2.45) is 4.99 Å². The van der Waals surface area contributed by atoms with Crippen LogP contribution >= 0.6 is 0 Å². The Morgan fingerprint density at radius 2 is 2.54 bits per heavy atom. The molecule has 0 aliphatic heterocycles. The van der Waals surface area contributed by atoms with Crippen LogP contribution in [0.2, 0.25) is 0 Å². The number of hydrogen-bond donors (Lipinski definition) is 2. The van der Waals surface area contributed by atoms with Gasteiger partial charge in [0, 0.05) is 12.4 Å². The van der Waals surface area contributed by atoms with E-state index in [2.05, 4.69) is 15.0 Å². The third-order valence-electron chi connectivity index (χ3n) is 1.20. The molecule has 0 fully saturated rings. The summed E-state index contributed by atoms with van der Waals surface area (Å²) in [6.07, 6.45) is 5.96. The number of aromatic nitrogens is 2. The van der Waals surface area contributed by atoms with Gasteiger partial charge in [0.15, 0.2) is 0 Å². The summed E-state index contributed by atoms with van der Waals surface area (Å²) in [5.74, 6) is 0.433. The van der Waals surface area contributed by atoms with Gasteiger partial charge in [-0.25, -0.2) is 14.8 Å². The molecule has 5 heteroatoms. The van der Waals surface area contributed by atoms with Crippen LogP contribution in [-0.2, 0) is 0 Å². The number of aliphatic imine (C=N–C) groups is 1. The molecule has 0 aliphatic rings. The van der Waals surface area contributed by atoms with Crippen LogP contribution < -0.4 is 5.69 Å². The minimum Gasteiger partial charge on any atom is -0.392 e. The van der Waals surface area contributed by atoms with E-state index in [9.17, 15) is 4.79 Å². The first kappa shape index (κ1) is 9.34. The predicted molar refractivity (Wildman–Crippen MR) is 49.2 cm³/mol. The standard InChI is InChI=1S/C8H9N3O2/c12-6-2-1-4-9-7-3-5-10-8(13)11-7/h1-5,12H,6H2,(H,10,11,13). The summed E-state index contributed by atoms with van der Waals surface area (Å²) >= 11 is 0. The van der Waals surface area contributed by atoms with Gasteiger partial charge < -0.3 is 5.11 Å². The molecule has 1 aromatic rings. The normalized spacial score (nSPS) is 11.5. The average molecular weight is 179 g/mol. The molecule has 0 spiro atoms. The van der Waals surface area contributed by atoms with Crippen LogP contribution in [0.3, 0.4) is 0 Å². The Morgan fingerprint density at radius 1 is 1.69 bits per heavy atom. The molecule has 1 aromatic heterocycles. The van der Waals surface area contributed by atoms with Crippen molar-refractivity contribution >= 4 is 12.0 Å². The minimum atomic E-state index is -0.430. The van der Waals surface area contributed by atoms with Gasteiger partial charge in [0.05, 0.1) is 6.61 Å². The molecular weight excluding hydrogens is 170 g/mol. The number of nitrogens with zero attached hydrogens (tertiary/aromatic N) is 2. The third kappa shape index (κ3) is 3.44. The maximum Gasteiger partial charge on any atom is 0.346 e. The van der Waals surface area contributed by atoms with E-state index in [4.69, 9.17) is 5.11 Å². The third-order valence-corrected chi connectivity index (χ3v) is 1.20. The van der Waals surface area contributed by atoms with Gasteiger partial charge in [-0.3, -0.25) is 4.98 Å². The zero-order valence-electron chi connectivity index (χ0n) is 6.84. The van der Waals surface area contributed by atoms with Gasteiger partial charge in [-0.2, -0.15) is 0 Å². The van der Waals surface area contributed by atoms with Crippen LogP contribution in [-0.4, -0.2) is 27.9 Å². The fraction of sp³-hybridized carbons (Fsp3) is 0.125. The van der Waals surface area contributed by atoms with Crippen molar-refractivity contribution in [2.75, 3.05) is 6.61 Å². The quantitative estimate of drug-likeness (QED) is 0.642. The van der Waals surface area contributed by atoms with Crippen LogP contribution in [0.4, 0.5) is 5.82 Å². The molecule has 1 heterocycles. The zero-order valence-corrected chi connectivity index (χ0v) is 6.84. The first-order valence-electron chi connectivity index (χ1n) is 3.68. The lowest BCUT2D eigenvalue weighted by atomic mass is 10.5. The first-order chi connectivity index (χ1) is 6.33. The van der Waals surface area contributed by atoms with Crippen LogP contribution in [0, 0.1) is 0 Å². The van der Waals surface area contributed by atoms with Gasteiger partial charge in [0.2, 0.25) is 0 Å². The summed E-state index contributed by atoms with van der Waals surface area (Å²) in [4.78, 5) is 20.4. The number of rotatable bonds is 3. The molecule has 0 amide bonds. The second kappa shape index (κ2) is 5.00. The Kier molecular flexibility index (Phi) is 3.59. The van der Waals surface area contributed by atoms with Gasteiger partial charge >= 0.3 is 5.69 Å². The number of allylic oxidation sites excluding steroid dienone is 1. The maximum absolute atomic E-state index is 10.7. The number of aliphatic hydroxyl groups is 1. The molecule has 2 N–H and O–H groups in total. The SMILES string of the molecule is O=c1nccc(N=CC=CCO)[nH]1. The molecule has 13 heavy (non-hydrogen) atoms. The van der Waals surface area contributed by atoms with Crippen LogP contribution in [0.25, 0.3) is 0 Å². The number of H-pyrrole nitrogens is 1. The van der Waals surface area contributed by atoms with Crippen molar-refractivity contribution in [3.63, 3.8) is 0 Å². The van der Waals surface area contributed by atoms with Crippen LogP contribution in [0.1, 0.15) is 0 Å². The molecule has 68 valence electrons. The number of hydrogen-bond acceptors (Lipinski definition) is 4. The zero-order chi connectivity index (χ0) is 9.52. The lowest BCUT2D eigenvalue weighted by molar-refractivity contribution is 0.343. The second-order valence-electron chi connectivity index (χ2n) is 2.15. The lowest BCUT2D eigenvalue weighted by Gasteiger charge is -1.88. The van der Waals surface area contributed by atoms with Gasteiger partial charge in [-0.1, -0.05) is 6.08 Å². The fourth-order valence-electron chi connectivity index (χ4n) is 0.679. The Morgan fingerprint density at radius 3 is 3.23 bits per heavy atom. The molecule has 0 atom stereocenters. The van der Waals surface area contributed by atoms with Gasteiger partial charge in [-0.05, 0) is 12.1 Å². The van der Waals surface area contributed by atoms with Crippen molar-refractivity contribution in [3.05, 3.63) is 34.9 Å². The maximum atomic E-state index is 10.7. The Balaban J connectivity index is 2.69. The van der Waals surface area contributed by atoms with Crippen molar-refractivity contribution in [2.45, 2.75) is 0 Å². The van der Waals surface area contributed by atoms with E-state index >= 15 is 0 Å². The number of aliphatic hydroxyl groups excluding tert-OH is 1. The molecule has 0 radical (unpaired) electrons. The minimum absolute atomic E-state index is 0.0289. The molecule has 1 rings (SSSR count). The molecular formula is C8H9N3O2. The summed E-state index contributed by atoms with van der Waals surface area (Å²) < 4.78 is 0. The molecule has 5 nitrogen and oxygen atoms in total. The highest BCUT2D eigenvalue weighted by atomic mass is 16.2. The lowest BCUT2D eigenvalue weighted by Crippen LogP contribution is -2.07. The monoisotopic (exact) mass is 179 g/mol. The summed E-state index contributed by atoms with van der Waals surface area (Å²) in [7, 11) is 0. The molecule has 0 aromatic carbocycles. The van der Waals surface area contributed by atoms with E-state index in [1.165, 1.54) is 18.5 Å². The van der Waals surface area contributed by atoms with Gasteiger partial charge in [-0.15, -0.1) is 0 Å². The van der Waals surface area contributed by atoms with Crippen molar-refractivity contribution < 1.29 is 5.11 Å². The van der Waals surface area contributed by atoms with Gasteiger partial charge in [0.25, 0.3) is 0 Å². The number of aromatic amines is 1. The van der Waals surface area contributed by atoms with Gasteiger partial charge in [0.1, 0.15) is 5.82 Å². The molecule has 0 bridgehead atoms. The van der Waals surface area contributed by atoms with E-state index < -0.39 is 5.69 Å². The highest BCUT2D eigenvalue weighted by Gasteiger charge is 1.86. The second-order valence-corrected chi connectivity index (χ2v) is 2.15. The highest BCUT2D eigenvalue weighted by molar-refractivity contribution is 5.73. The molecule has 0 unspecified atom stereocenters. The van der Waals surface area contributed by atoms with Crippen molar-refractivity contribution in [1.29, 1.82) is 0 Å². The summed E-state index contributed by atoms with van der Waals surface area (Å²) in [5.41, 5.74) is -0.430. The van der Waals surface area contributed by atoms with E-state index in [0.29, 0.717) is 5.82 Å². The van der Waals surface area contributed by atoms with E-state index in [0.717, 1.165) is 0 Å². The van der Waals surface area contributed by atoms with E-state index in [1.807, 2.05) is 0 Å².